The average Bonchev–Trinajstić information content (AvgIpc) is 2.31. The van der Waals surface area contributed by atoms with E-state index in [1.54, 1.807) is 0 Å². The highest BCUT2D eigenvalue weighted by Crippen LogP contribution is 2.21. The van der Waals surface area contributed by atoms with Crippen LogP contribution in [-0.4, -0.2) is 49.3 Å². The van der Waals surface area contributed by atoms with Gasteiger partial charge in [0.05, 0.1) is 0 Å². The molecule has 2 N–H and O–H groups in total. The SMILES string of the molecule is CCCC1CCN(CC(CCO)NC)CC1. The van der Waals surface area contributed by atoms with Crippen LogP contribution in [0.15, 0.2) is 0 Å². The van der Waals surface area contributed by atoms with Crippen molar-refractivity contribution in [2.24, 2.45) is 5.92 Å². The third-order valence-corrected chi connectivity index (χ3v) is 3.77. The molecule has 0 aromatic carbocycles. The van der Waals surface area contributed by atoms with E-state index in [0.29, 0.717) is 6.04 Å². The summed E-state index contributed by atoms with van der Waals surface area (Å²) in [6.07, 6.45) is 6.33. The molecule has 1 rings (SSSR count). The Labute approximate surface area is 100 Å². The summed E-state index contributed by atoms with van der Waals surface area (Å²) < 4.78 is 0. The number of piperidine rings is 1. The number of likely N-dealkylation sites (tertiary alicyclic amines) is 1. The molecule has 0 saturated carbocycles. The van der Waals surface area contributed by atoms with Gasteiger partial charge in [-0.1, -0.05) is 19.8 Å². The number of hydrogen-bond donors (Lipinski definition) is 2. The third kappa shape index (κ3) is 4.81. The van der Waals surface area contributed by atoms with Crippen molar-refractivity contribution in [2.75, 3.05) is 33.3 Å². The molecule has 0 spiro atoms. The van der Waals surface area contributed by atoms with E-state index in [4.69, 9.17) is 5.11 Å². The highest BCUT2D eigenvalue weighted by molar-refractivity contribution is 4.76. The Morgan fingerprint density at radius 2 is 2.06 bits per heavy atom. The Hall–Kier alpha value is -0.120. The molecule has 1 saturated heterocycles. The maximum Gasteiger partial charge on any atom is 0.0446 e. The van der Waals surface area contributed by atoms with Gasteiger partial charge in [-0.25, -0.2) is 0 Å². The van der Waals surface area contributed by atoms with Crippen LogP contribution in [0.2, 0.25) is 0 Å². The van der Waals surface area contributed by atoms with Crippen LogP contribution in [0.25, 0.3) is 0 Å². The van der Waals surface area contributed by atoms with Gasteiger partial charge < -0.3 is 15.3 Å². The highest BCUT2D eigenvalue weighted by Gasteiger charge is 2.20. The molecule has 0 radical (unpaired) electrons. The van der Waals surface area contributed by atoms with E-state index in [1.807, 2.05) is 7.05 Å². The second-order valence-electron chi connectivity index (χ2n) is 5.03. The number of nitrogens with one attached hydrogen (secondary N) is 1. The summed E-state index contributed by atoms with van der Waals surface area (Å²) in [5.74, 6) is 0.965. The zero-order chi connectivity index (χ0) is 11.8. The molecule has 1 fully saturated rings. The number of rotatable bonds is 7. The van der Waals surface area contributed by atoms with Gasteiger partial charge in [0.15, 0.2) is 0 Å². The maximum absolute atomic E-state index is 8.95. The third-order valence-electron chi connectivity index (χ3n) is 3.77. The van der Waals surface area contributed by atoms with Gasteiger partial charge in [-0.3, -0.25) is 0 Å². The predicted octanol–water partition coefficient (Wildman–Crippen LogP) is 1.47. The summed E-state index contributed by atoms with van der Waals surface area (Å²) in [4.78, 5) is 2.54. The zero-order valence-electron chi connectivity index (χ0n) is 10.9. The molecule has 1 unspecified atom stereocenters. The zero-order valence-corrected chi connectivity index (χ0v) is 10.9. The fourth-order valence-electron chi connectivity index (χ4n) is 2.66. The molecule has 3 nitrogen and oxygen atoms in total. The van der Waals surface area contributed by atoms with Crippen molar-refractivity contribution in [2.45, 2.75) is 45.1 Å². The van der Waals surface area contributed by atoms with Gasteiger partial charge in [-0.15, -0.1) is 0 Å². The van der Waals surface area contributed by atoms with E-state index in [-0.39, 0.29) is 6.61 Å². The molecule has 1 aliphatic heterocycles. The van der Waals surface area contributed by atoms with Crippen molar-refractivity contribution in [3.8, 4) is 0 Å². The van der Waals surface area contributed by atoms with Crippen molar-refractivity contribution < 1.29 is 5.11 Å². The molecule has 1 aliphatic rings. The number of aliphatic hydroxyl groups excluding tert-OH is 1. The van der Waals surface area contributed by atoms with Crippen LogP contribution in [-0.2, 0) is 0 Å². The Morgan fingerprint density at radius 1 is 1.38 bits per heavy atom. The quantitative estimate of drug-likeness (QED) is 0.692. The standard InChI is InChI=1S/C13H28N2O/c1-3-4-12-5-8-15(9-6-12)11-13(14-2)7-10-16/h12-14,16H,3-11H2,1-2H3. The first-order chi connectivity index (χ1) is 7.80. The lowest BCUT2D eigenvalue weighted by Gasteiger charge is -2.34. The molecule has 0 aromatic heterocycles. The minimum absolute atomic E-state index is 0.289. The van der Waals surface area contributed by atoms with Crippen molar-refractivity contribution in [1.82, 2.24) is 10.2 Å². The van der Waals surface area contributed by atoms with Crippen molar-refractivity contribution in [3.05, 3.63) is 0 Å². The van der Waals surface area contributed by atoms with E-state index in [9.17, 15) is 0 Å². The molecule has 0 amide bonds. The van der Waals surface area contributed by atoms with Gasteiger partial charge >= 0.3 is 0 Å². The lowest BCUT2D eigenvalue weighted by molar-refractivity contribution is 0.155. The summed E-state index contributed by atoms with van der Waals surface area (Å²) in [5, 5.41) is 12.2. The van der Waals surface area contributed by atoms with Gasteiger partial charge in [-0.2, -0.15) is 0 Å². The molecule has 1 atom stereocenters. The molecule has 0 bridgehead atoms. The van der Waals surface area contributed by atoms with Crippen molar-refractivity contribution >= 4 is 0 Å². The van der Waals surface area contributed by atoms with Gasteiger partial charge in [-0.05, 0) is 45.3 Å². The molecular formula is C13H28N2O. The number of nitrogens with zero attached hydrogens (tertiary/aromatic N) is 1. The Morgan fingerprint density at radius 3 is 2.56 bits per heavy atom. The summed E-state index contributed by atoms with van der Waals surface area (Å²) in [6, 6.07) is 0.452. The molecule has 3 heteroatoms. The lowest BCUT2D eigenvalue weighted by atomic mass is 9.92. The summed E-state index contributed by atoms with van der Waals surface area (Å²) in [7, 11) is 1.99. The van der Waals surface area contributed by atoms with Gasteiger partial charge in [0.25, 0.3) is 0 Å². The van der Waals surface area contributed by atoms with Gasteiger partial charge in [0.1, 0.15) is 0 Å². The Balaban J connectivity index is 2.20. The first-order valence-corrected chi connectivity index (χ1v) is 6.80. The number of hydrogen-bond acceptors (Lipinski definition) is 3. The second-order valence-corrected chi connectivity index (χ2v) is 5.03. The smallest absolute Gasteiger partial charge is 0.0446 e. The summed E-state index contributed by atoms with van der Waals surface area (Å²) >= 11 is 0. The highest BCUT2D eigenvalue weighted by atomic mass is 16.3. The number of aliphatic hydroxyl groups is 1. The first kappa shape index (κ1) is 13.9. The van der Waals surface area contributed by atoms with Crippen LogP contribution in [0.5, 0.6) is 0 Å². The van der Waals surface area contributed by atoms with Crippen molar-refractivity contribution in [1.29, 1.82) is 0 Å². The summed E-state index contributed by atoms with van der Waals surface area (Å²) in [5.41, 5.74) is 0. The largest absolute Gasteiger partial charge is 0.396 e. The summed E-state index contributed by atoms with van der Waals surface area (Å²) in [6.45, 7) is 6.15. The molecule has 0 aliphatic carbocycles. The van der Waals surface area contributed by atoms with Crippen LogP contribution in [0, 0.1) is 5.92 Å². The monoisotopic (exact) mass is 228 g/mol. The first-order valence-electron chi connectivity index (χ1n) is 6.80. The molecule has 16 heavy (non-hydrogen) atoms. The van der Waals surface area contributed by atoms with Crippen LogP contribution >= 0.6 is 0 Å². The van der Waals surface area contributed by atoms with E-state index >= 15 is 0 Å². The second kappa shape index (κ2) is 8.04. The molecule has 1 heterocycles. The van der Waals surface area contributed by atoms with Crippen LogP contribution < -0.4 is 5.32 Å². The fourth-order valence-corrected chi connectivity index (χ4v) is 2.66. The molecular weight excluding hydrogens is 200 g/mol. The van der Waals surface area contributed by atoms with E-state index in [2.05, 4.69) is 17.1 Å². The number of likely N-dealkylation sites (N-methyl/N-ethyl adjacent to an activating group) is 1. The van der Waals surface area contributed by atoms with Crippen LogP contribution in [0.4, 0.5) is 0 Å². The van der Waals surface area contributed by atoms with E-state index in [0.717, 1.165) is 18.9 Å². The van der Waals surface area contributed by atoms with Crippen LogP contribution in [0.3, 0.4) is 0 Å². The molecule has 96 valence electrons. The normalized spacial score (nSPS) is 21.2. The Bertz CT molecular complexity index is 167. The lowest BCUT2D eigenvalue weighted by Crippen LogP contribution is -2.43. The van der Waals surface area contributed by atoms with Crippen LogP contribution in [0.1, 0.15) is 39.0 Å². The fraction of sp³-hybridized carbons (Fsp3) is 1.00. The minimum Gasteiger partial charge on any atom is -0.396 e. The predicted molar refractivity (Wildman–Crippen MR) is 68.6 cm³/mol. The topological polar surface area (TPSA) is 35.5 Å². The van der Waals surface area contributed by atoms with E-state index < -0.39 is 0 Å². The van der Waals surface area contributed by atoms with E-state index in [1.165, 1.54) is 38.8 Å². The molecule has 0 aromatic rings. The maximum atomic E-state index is 8.95. The van der Waals surface area contributed by atoms with Gasteiger partial charge in [0.2, 0.25) is 0 Å². The van der Waals surface area contributed by atoms with Crippen molar-refractivity contribution in [3.63, 3.8) is 0 Å². The average molecular weight is 228 g/mol. The van der Waals surface area contributed by atoms with Gasteiger partial charge in [0, 0.05) is 19.2 Å². The minimum atomic E-state index is 0.289. The Kier molecular flexibility index (Phi) is 7.01.